The third-order valence-electron chi connectivity index (χ3n) is 5.73. The normalized spacial score (nSPS) is 17.1. The number of anilines is 3. The molecule has 0 radical (unpaired) electrons. The number of aryl methyl sites for hydroxylation is 1. The molecule has 168 valence electrons. The van der Waals surface area contributed by atoms with Gasteiger partial charge >= 0.3 is 0 Å². The summed E-state index contributed by atoms with van der Waals surface area (Å²) < 4.78 is 3.04. The fraction of sp³-hybridized carbons (Fsp3) is 0.261. The van der Waals surface area contributed by atoms with E-state index < -0.39 is 0 Å². The van der Waals surface area contributed by atoms with E-state index >= 15 is 0 Å². The predicted octanol–water partition coefficient (Wildman–Crippen LogP) is 2.51. The van der Waals surface area contributed by atoms with Crippen molar-refractivity contribution >= 4 is 28.9 Å². The molecule has 5 rings (SSSR count). The molecule has 2 atom stereocenters. The topological polar surface area (TPSA) is 118 Å². The maximum Gasteiger partial charge on any atom is 0.279 e. The van der Waals surface area contributed by atoms with Gasteiger partial charge in [0.05, 0.1) is 6.20 Å². The van der Waals surface area contributed by atoms with Gasteiger partial charge in [-0.15, -0.1) is 0 Å². The van der Waals surface area contributed by atoms with Gasteiger partial charge in [-0.3, -0.25) is 14.2 Å². The third kappa shape index (κ3) is 3.91. The zero-order valence-corrected chi connectivity index (χ0v) is 18.5. The van der Waals surface area contributed by atoms with E-state index in [9.17, 15) is 9.59 Å². The minimum absolute atomic E-state index is 0.190. The smallest absolute Gasteiger partial charge is 0.279 e. The molecular weight excluding hydrogens is 420 g/mol. The molecule has 1 aliphatic rings. The van der Waals surface area contributed by atoms with Crippen molar-refractivity contribution in [3.8, 4) is 5.82 Å². The molecule has 0 saturated heterocycles. The van der Waals surface area contributed by atoms with Gasteiger partial charge in [0.2, 0.25) is 0 Å². The zero-order chi connectivity index (χ0) is 23.1. The quantitative estimate of drug-likeness (QED) is 0.418. The number of aromatic nitrogens is 5. The second-order valence-corrected chi connectivity index (χ2v) is 8.22. The number of carbonyl (C=O) groups excluding carboxylic acids is 1. The van der Waals surface area contributed by atoms with Crippen LogP contribution in [0, 0.1) is 12.8 Å². The molecule has 33 heavy (non-hydrogen) atoms. The van der Waals surface area contributed by atoms with Crippen LogP contribution in [0.5, 0.6) is 0 Å². The van der Waals surface area contributed by atoms with Gasteiger partial charge in [-0.05, 0) is 43.5 Å². The van der Waals surface area contributed by atoms with Crippen molar-refractivity contribution in [2.24, 2.45) is 5.92 Å². The molecule has 1 saturated carbocycles. The van der Waals surface area contributed by atoms with Crippen LogP contribution in [0.2, 0.25) is 0 Å². The molecule has 0 bridgehead atoms. The summed E-state index contributed by atoms with van der Waals surface area (Å²) in [5.41, 5.74) is 1.65. The highest BCUT2D eigenvalue weighted by Crippen LogP contribution is 2.29. The van der Waals surface area contributed by atoms with Crippen molar-refractivity contribution in [2.75, 3.05) is 17.7 Å². The number of fused-ring (bicyclic) bond motifs is 1. The van der Waals surface area contributed by atoms with E-state index in [2.05, 4.69) is 37.9 Å². The van der Waals surface area contributed by atoms with Gasteiger partial charge in [-0.25, -0.2) is 9.97 Å². The summed E-state index contributed by atoms with van der Waals surface area (Å²) in [7, 11) is 1.75. The Morgan fingerprint density at radius 1 is 1.18 bits per heavy atom. The molecule has 0 aromatic carbocycles. The third-order valence-corrected chi connectivity index (χ3v) is 5.73. The number of hydrogen-bond acceptors (Lipinski definition) is 7. The van der Waals surface area contributed by atoms with Crippen molar-refractivity contribution in [1.29, 1.82) is 0 Å². The lowest BCUT2D eigenvalue weighted by atomic mass is 10.3. The summed E-state index contributed by atoms with van der Waals surface area (Å²) in [6.45, 7) is 3.97. The number of hydrogen-bond donors (Lipinski definition) is 3. The Labute approximate surface area is 189 Å². The van der Waals surface area contributed by atoms with Crippen LogP contribution in [0.4, 0.5) is 17.3 Å². The molecule has 10 heteroatoms. The van der Waals surface area contributed by atoms with Gasteiger partial charge < -0.3 is 16.0 Å². The first kappa shape index (κ1) is 20.7. The maximum atomic E-state index is 13.1. The number of pyridine rings is 2. The van der Waals surface area contributed by atoms with Gasteiger partial charge in [-0.1, -0.05) is 13.0 Å². The van der Waals surface area contributed by atoms with E-state index in [1.165, 1.54) is 10.8 Å². The molecule has 3 N–H and O–H groups in total. The maximum absolute atomic E-state index is 13.1. The Balaban J connectivity index is 1.52. The molecule has 1 fully saturated rings. The van der Waals surface area contributed by atoms with Crippen LogP contribution in [0.1, 0.15) is 29.4 Å². The first-order valence-corrected chi connectivity index (χ1v) is 10.7. The average molecular weight is 444 g/mol. The highest BCUT2D eigenvalue weighted by molar-refractivity contribution is 6.00. The summed E-state index contributed by atoms with van der Waals surface area (Å²) >= 11 is 0. The highest BCUT2D eigenvalue weighted by atomic mass is 16.2. The number of nitrogens with one attached hydrogen (secondary N) is 3. The van der Waals surface area contributed by atoms with Crippen LogP contribution in [-0.2, 0) is 0 Å². The summed E-state index contributed by atoms with van der Waals surface area (Å²) in [5.74, 6) is 1.84. The van der Waals surface area contributed by atoms with Crippen molar-refractivity contribution in [1.82, 2.24) is 29.5 Å². The second-order valence-electron chi connectivity index (χ2n) is 8.22. The molecule has 10 nitrogen and oxygen atoms in total. The first-order valence-electron chi connectivity index (χ1n) is 10.7. The van der Waals surface area contributed by atoms with Gasteiger partial charge in [0.15, 0.2) is 5.65 Å². The van der Waals surface area contributed by atoms with Crippen LogP contribution in [0.3, 0.4) is 0 Å². The Morgan fingerprint density at radius 2 is 2.00 bits per heavy atom. The summed E-state index contributed by atoms with van der Waals surface area (Å²) in [5, 5.41) is 13.5. The van der Waals surface area contributed by atoms with E-state index in [0.29, 0.717) is 40.3 Å². The lowest BCUT2D eigenvalue weighted by Crippen LogP contribution is -2.26. The summed E-state index contributed by atoms with van der Waals surface area (Å²) in [6.07, 6.45) is 4.15. The SMILES string of the molecule is CNc1cc(Nc2cccn(-c3cccc(C)n3)c2=O)nc2c(C(=O)N[C@@H]3C[C@@H]3C)cnn12. The number of nitrogens with zero attached hydrogens (tertiary/aromatic N) is 5. The van der Waals surface area contributed by atoms with Crippen molar-refractivity contribution < 1.29 is 4.79 Å². The van der Waals surface area contributed by atoms with Crippen LogP contribution in [0.15, 0.2) is 53.6 Å². The van der Waals surface area contributed by atoms with Gasteiger partial charge in [0.25, 0.3) is 11.5 Å². The summed E-state index contributed by atoms with van der Waals surface area (Å²) in [6, 6.07) is 10.9. The molecule has 1 aliphatic carbocycles. The summed E-state index contributed by atoms with van der Waals surface area (Å²) in [4.78, 5) is 34.9. The molecule has 4 aromatic rings. The monoisotopic (exact) mass is 444 g/mol. The molecule has 0 aliphatic heterocycles. The van der Waals surface area contributed by atoms with Crippen molar-refractivity contribution in [2.45, 2.75) is 26.3 Å². The number of carbonyl (C=O) groups is 1. The minimum Gasteiger partial charge on any atom is -0.373 e. The van der Waals surface area contributed by atoms with Crippen molar-refractivity contribution in [3.63, 3.8) is 0 Å². The lowest BCUT2D eigenvalue weighted by Gasteiger charge is -2.12. The average Bonchev–Trinajstić information content (AvgIpc) is 3.31. The molecule has 0 spiro atoms. The van der Waals surface area contributed by atoms with E-state index in [4.69, 9.17) is 0 Å². The largest absolute Gasteiger partial charge is 0.373 e. The van der Waals surface area contributed by atoms with Crippen LogP contribution in [0.25, 0.3) is 11.5 Å². The number of rotatable bonds is 6. The van der Waals surface area contributed by atoms with Gasteiger partial charge in [0.1, 0.15) is 28.7 Å². The first-order chi connectivity index (χ1) is 15.9. The molecule has 0 unspecified atom stereocenters. The zero-order valence-electron chi connectivity index (χ0n) is 18.5. The van der Waals surface area contributed by atoms with E-state index in [1.54, 1.807) is 42.0 Å². The molecule has 4 heterocycles. The molecular formula is C23H24N8O2. The molecule has 4 aromatic heterocycles. The molecule has 1 amide bonds. The Kier molecular flexibility index (Phi) is 5.04. The van der Waals surface area contributed by atoms with E-state index in [-0.39, 0.29) is 17.5 Å². The van der Waals surface area contributed by atoms with Gasteiger partial charge in [-0.2, -0.15) is 9.61 Å². The number of amides is 1. The Bertz CT molecular complexity index is 1420. The Morgan fingerprint density at radius 3 is 2.73 bits per heavy atom. The van der Waals surface area contributed by atoms with E-state index in [1.807, 2.05) is 19.1 Å². The van der Waals surface area contributed by atoms with Gasteiger partial charge in [0, 0.05) is 31.0 Å². The van der Waals surface area contributed by atoms with Crippen LogP contribution >= 0.6 is 0 Å². The van der Waals surface area contributed by atoms with Crippen LogP contribution < -0.4 is 21.5 Å². The van der Waals surface area contributed by atoms with Crippen molar-refractivity contribution in [3.05, 3.63) is 70.4 Å². The lowest BCUT2D eigenvalue weighted by molar-refractivity contribution is 0.0951. The standard InChI is InChI=1S/C23H24N8O2/c1-13-10-17(13)28-22(32)15-12-25-31-20(24-3)11-18(29-21(15)31)27-16-7-5-9-30(23(16)33)19-8-4-6-14(2)26-19/h4-9,11-13,17,24H,10H2,1-3H3,(H,27,29)(H,28,32)/t13-,17+/m0/s1. The predicted molar refractivity (Wildman–Crippen MR) is 125 cm³/mol. The minimum atomic E-state index is -0.266. The highest BCUT2D eigenvalue weighted by Gasteiger charge is 2.34. The van der Waals surface area contributed by atoms with Crippen LogP contribution in [-0.4, -0.2) is 43.1 Å². The Hall–Kier alpha value is -4.21. The fourth-order valence-corrected chi connectivity index (χ4v) is 3.70. The second kappa shape index (κ2) is 8.05. The fourth-order valence-electron chi connectivity index (χ4n) is 3.70. The van der Waals surface area contributed by atoms with E-state index in [0.717, 1.165) is 12.1 Å².